The number of rotatable bonds is 14. The summed E-state index contributed by atoms with van der Waals surface area (Å²) < 4.78 is 16.5. The first-order chi connectivity index (χ1) is 16.4. The first-order valence-corrected chi connectivity index (χ1v) is 11.7. The van der Waals surface area contributed by atoms with E-state index in [4.69, 9.17) is 19.3 Å². The lowest BCUT2D eigenvalue weighted by Gasteiger charge is -2.20. The molecule has 9 nitrogen and oxygen atoms in total. The summed E-state index contributed by atoms with van der Waals surface area (Å²) in [6, 6.07) is 14.1. The van der Waals surface area contributed by atoms with E-state index in [1.165, 1.54) is 18.9 Å². The summed E-state index contributed by atoms with van der Waals surface area (Å²) in [7, 11) is 1.52. The zero-order valence-electron chi connectivity index (χ0n) is 18.9. The van der Waals surface area contributed by atoms with Gasteiger partial charge in [-0.2, -0.15) is 11.8 Å². The second-order valence-electron chi connectivity index (χ2n) is 7.16. The third-order valence-electron chi connectivity index (χ3n) is 4.81. The number of ether oxygens (including phenoxy) is 3. The molecule has 2 rings (SSSR count). The monoisotopic (exact) mass is 489 g/mol. The van der Waals surface area contributed by atoms with E-state index in [1.54, 1.807) is 42.7 Å². The molecular weight excluding hydrogens is 462 g/mol. The molecule has 2 N–H and O–H groups in total. The van der Waals surface area contributed by atoms with Crippen molar-refractivity contribution < 1.29 is 38.5 Å². The molecule has 2 amide bonds. The van der Waals surface area contributed by atoms with Gasteiger partial charge in [-0.1, -0.05) is 24.3 Å². The second-order valence-corrected chi connectivity index (χ2v) is 8.20. The average molecular weight is 490 g/mol. The lowest BCUT2D eigenvalue weighted by Crippen LogP contribution is -2.32. The van der Waals surface area contributed by atoms with Crippen LogP contribution in [0.25, 0.3) is 0 Å². The molecule has 0 saturated carbocycles. The number of carboxylic acid groups (broad SMARTS) is 1. The standard InChI is InChI=1S/C24H27NO8S/c1-31-19-5-3-4-17(13-19)20(33-23(29)11-10-22(27)28)14-32-18-8-6-16(7-9-18)12-21(34-2)24(30)25-15-26/h3-9,13,15,20-21H,10-12,14H2,1-2H3,(H,27,28)(H,25,26,30). The minimum Gasteiger partial charge on any atom is -0.497 e. The van der Waals surface area contributed by atoms with Gasteiger partial charge in [0.25, 0.3) is 0 Å². The number of carbonyl (C=O) groups is 4. The van der Waals surface area contributed by atoms with E-state index in [-0.39, 0.29) is 25.4 Å². The molecule has 0 saturated heterocycles. The third kappa shape index (κ3) is 8.78. The number of esters is 1. The fourth-order valence-electron chi connectivity index (χ4n) is 3.01. The zero-order chi connectivity index (χ0) is 24.9. The highest BCUT2D eigenvalue weighted by Gasteiger charge is 2.20. The van der Waals surface area contributed by atoms with E-state index in [0.29, 0.717) is 29.9 Å². The number of aliphatic carboxylic acids is 1. The van der Waals surface area contributed by atoms with Crippen LogP contribution in [0.4, 0.5) is 0 Å². The Morgan fingerprint density at radius 2 is 1.82 bits per heavy atom. The molecule has 0 aliphatic carbocycles. The van der Waals surface area contributed by atoms with Crippen LogP contribution in [0.1, 0.15) is 30.1 Å². The Labute approximate surface area is 201 Å². The Balaban J connectivity index is 2.06. The fraction of sp³-hybridized carbons (Fsp3) is 0.333. The van der Waals surface area contributed by atoms with E-state index in [1.807, 2.05) is 12.1 Å². The van der Waals surface area contributed by atoms with Crippen LogP contribution >= 0.6 is 11.8 Å². The molecule has 0 aliphatic heterocycles. The number of methoxy groups -OCH3 is 1. The van der Waals surface area contributed by atoms with Crippen LogP contribution in [-0.2, 0) is 30.3 Å². The van der Waals surface area contributed by atoms with E-state index < -0.39 is 23.3 Å². The summed E-state index contributed by atoms with van der Waals surface area (Å²) in [6.07, 6.45) is 1.25. The number of thioether (sulfide) groups is 1. The van der Waals surface area contributed by atoms with Gasteiger partial charge in [0.15, 0.2) is 6.10 Å². The molecule has 2 unspecified atom stereocenters. The van der Waals surface area contributed by atoms with Gasteiger partial charge in [-0.05, 0) is 48.1 Å². The molecule has 0 aromatic heterocycles. The average Bonchev–Trinajstić information content (AvgIpc) is 2.84. The number of amides is 2. The molecule has 0 aliphatic rings. The van der Waals surface area contributed by atoms with Crippen molar-refractivity contribution in [1.82, 2.24) is 5.32 Å². The summed E-state index contributed by atoms with van der Waals surface area (Å²) in [4.78, 5) is 45.3. The number of imide groups is 1. The van der Waals surface area contributed by atoms with E-state index in [0.717, 1.165) is 5.56 Å². The van der Waals surface area contributed by atoms with Crippen LogP contribution in [0.5, 0.6) is 11.5 Å². The lowest BCUT2D eigenvalue weighted by molar-refractivity contribution is -0.153. The third-order valence-corrected chi connectivity index (χ3v) is 5.76. The van der Waals surface area contributed by atoms with Crippen molar-refractivity contribution in [1.29, 1.82) is 0 Å². The maximum absolute atomic E-state index is 12.1. The van der Waals surface area contributed by atoms with E-state index in [2.05, 4.69) is 5.32 Å². The fourth-order valence-corrected chi connectivity index (χ4v) is 3.65. The summed E-state index contributed by atoms with van der Waals surface area (Å²) in [5, 5.41) is 10.6. The summed E-state index contributed by atoms with van der Waals surface area (Å²) in [5.74, 6) is -0.982. The highest BCUT2D eigenvalue weighted by Crippen LogP contribution is 2.25. The van der Waals surface area contributed by atoms with E-state index >= 15 is 0 Å². The molecule has 2 atom stereocenters. The molecule has 0 spiro atoms. The van der Waals surface area contributed by atoms with Crippen LogP contribution in [0.3, 0.4) is 0 Å². The maximum Gasteiger partial charge on any atom is 0.307 e. The number of nitrogens with one attached hydrogen (secondary N) is 1. The quantitative estimate of drug-likeness (QED) is 0.304. The number of hydrogen-bond donors (Lipinski definition) is 2. The van der Waals surface area contributed by atoms with Gasteiger partial charge >= 0.3 is 11.9 Å². The molecule has 2 aromatic carbocycles. The van der Waals surface area contributed by atoms with Crippen molar-refractivity contribution >= 4 is 36.0 Å². The van der Waals surface area contributed by atoms with Crippen molar-refractivity contribution in [2.75, 3.05) is 20.0 Å². The van der Waals surface area contributed by atoms with Crippen molar-refractivity contribution in [3.8, 4) is 11.5 Å². The van der Waals surface area contributed by atoms with Crippen LogP contribution in [-0.4, -0.2) is 54.6 Å². The van der Waals surface area contributed by atoms with Crippen molar-refractivity contribution in [3.05, 3.63) is 59.7 Å². The van der Waals surface area contributed by atoms with Crippen LogP contribution in [0.2, 0.25) is 0 Å². The number of benzene rings is 2. The highest BCUT2D eigenvalue weighted by molar-refractivity contribution is 7.99. The van der Waals surface area contributed by atoms with Gasteiger partial charge in [-0.15, -0.1) is 0 Å². The lowest BCUT2D eigenvalue weighted by atomic mass is 10.1. The van der Waals surface area contributed by atoms with Gasteiger partial charge < -0.3 is 19.3 Å². The molecule has 34 heavy (non-hydrogen) atoms. The Bertz CT molecular complexity index is 979. The van der Waals surface area contributed by atoms with Gasteiger partial charge in [-0.3, -0.25) is 24.5 Å². The first kappa shape index (κ1) is 26.7. The van der Waals surface area contributed by atoms with Gasteiger partial charge in [0.05, 0.1) is 25.2 Å². The Morgan fingerprint density at radius 1 is 1.09 bits per heavy atom. The Kier molecular flexibility index (Phi) is 10.9. The zero-order valence-corrected chi connectivity index (χ0v) is 19.7. The smallest absolute Gasteiger partial charge is 0.307 e. The topological polar surface area (TPSA) is 128 Å². The van der Waals surface area contributed by atoms with E-state index in [9.17, 15) is 19.2 Å². The second kappa shape index (κ2) is 13.9. The van der Waals surface area contributed by atoms with Gasteiger partial charge in [-0.25, -0.2) is 0 Å². The van der Waals surface area contributed by atoms with Crippen molar-refractivity contribution in [2.24, 2.45) is 0 Å². The van der Waals surface area contributed by atoms with Crippen molar-refractivity contribution in [2.45, 2.75) is 30.6 Å². The largest absolute Gasteiger partial charge is 0.497 e. The molecular formula is C24H27NO8S. The molecule has 2 aromatic rings. The molecule has 10 heteroatoms. The molecule has 0 heterocycles. The molecule has 0 bridgehead atoms. The number of carboxylic acids is 1. The predicted molar refractivity (Wildman–Crippen MR) is 126 cm³/mol. The molecule has 0 radical (unpaired) electrons. The highest BCUT2D eigenvalue weighted by atomic mass is 32.2. The molecule has 0 fully saturated rings. The predicted octanol–water partition coefficient (Wildman–Crippen LogP) is 2.77. The Hall–Kier alpha value is -3.53. The Morgan fingerprint density at radius 3 is 2.44 bits per heavy atom. The van der Waals surface area contributed by atoms with Gasteiger partial charge in [0, 0.05) is 0 Å². The number of carbonyl (C=O) groups excluding carboxylic acids is 3. The first-order valence-electron chi connectivity index (χ1n) is 10.4. The normalized spacial score (nSPS) is 12.2. The SMILES string of the molecule is COc1cccc(C(COc2ccc(CC(SC)C(=O)NC=O)cc2)OC(=O)CCC(=O)O)c1. The van der Waals surface area contributed by atoms with Crippen LogP contribution in [0, 0.1) is 0 Å². The van der Waals surface area contributed by atoms with Gasteiger partial charge in [0.1, 0.15) is 18.1 Å². The number of hydrogen-bond acceptors (Lipinski definition) is 8. The van der Waals surface area contributed by atoms with Gasteiger partial charge in [0.2, 0.25) is 12.3 Å². The van der Waals surface area contributed by atoms with Crippen LogP contribution < -0.4 is 14.8 Å². The van der Waals surface area contributed by atoms with Crippen molar-refractivity contribution in [3.63, 3.8) is 0 Å². The van der Waals surface area contributed by atoms with Crippen LogP contribution in [0.15, 0.2) is 48.5 Å². The minimum atomic E-state index is -1.08. The summed E-state index contributed by atoms with van der Waals surface area (Å²) >= 11 is 1.35. The molecule has 182 valence electrons. The summed E-state index contributed by atoms with van der Waals surface area (Å²) in [5.41, 5.74) is 1.53. The summed E-state index contributed by atoms with van der Waals surface area (Å²) in [6.45, 7) is 0.000499. The maximum atomic E-state index is 12.1. The minimum absolute atomic E-state index is 0.000499.